The van der Waals surface area contributed by atoms with Crippen LogP contribution in [0.2, 0.25) is 0 Å². The van der Waals surface area contributed by atoms with Crippen LogP contribution in [0.25, 0.3) is 0 Å². The number of thiophene rings is 1. The molecule has 1 atom stereocenters. The molecule has 1 aliphatic carbocycles. The van der Waals surface area contributed by atoms with Crippen molar-refractivity contribution >= 4 is 29.1 Å². The average Bonchev–Trinajstić information content (AvgIpc) is 2.92. The molecule has 2 amide bonds. The molecule has 0 aromatic carbocycles. The number of esters is 1. The lowest BCUT2D eigenvalue weighted by molar-refractivity contribution is -0.129. The number of nitrogens with one attached hydrogen (secondary N) is 2. The normalized spacial score (nSPS) is 16.9. The fraction of sp³-hybridized carbons (Fsp3) is 0.588. The molecule has 0 unspecified atom stereocenters. The summed E-state index contributed by atoms with van der Waals surface area (Å²) >= 11 is 1.45. The number of amides is 2. The second-order valence-electron chi connectivity index (χ2n) is 7.17. The van der Waals surface area contributed by atoms with E-state index >= 15 is 0 Å². The lowest BCUT2D eigenvalue weighted by Gasteiger charge is -2.33. The van der Waals surface area contributed by atoms with Crippen molar-refractivity contribution in [1.29, 1.82) is 0 Å². The van der Waals surface area contributed by atoms with Gasteiger partial charge in [-0.2, -0.15) is 0 Å². The summed E-state index contributed by atoms with van der Waals surface area (Å²) in [6, 6.07) is 1.89. The third-order valence-electron chi connectivity index (χ3n) is 4.22. The van der Waals surface area contributed by atoms with E-state index in [4.69, 9.17) is 4.74 Å². The van der Waals surface area contributed by atoms with E-state index in [0.717, 1.165) is 19.3 Å². The van der Waals surface area contributed by atoms with Gasteiger partial charge in [0.05, 0.1) is 0 Å². The third kappa shape index (κ3) is 4.80. The van der Waals surface area contributed by atoms with Gasteiger partial charge in [-0.1, -0.05) is 20.8 Å². The lowest BCUT2D eigenvalue weighted by atomic mass is 9.72. The molecule has 0 saturated carbocycles. The van der Waals surface area contributed by atoms with Crippen LogP contribution in [0.4, 0.5) is 0 Å². The van der Waals surface area contributed by atoms with E-state index < -0.39 is 24.4 Å². The molecule has 24 heavy (non-hydrogen) atoms. The highest BCUT2D eigenvalue weighted by atomic mass is 32.1. The Kier molecular flexibility index (Phi) is 5.64. The van der Waals surface area contributed by atoms with Crippen LogP contribution in [0.15, 0.2) is 6.07 Å². The van der Waals surface area contributed by atoms with Crippen LogP contribution in [0.5, 0.6) is 0 Å². The average molecular weight is 352 g/mol. The highest BCUT2D eigenvalue weighted by Gasteiger charge is 2.30. The van der Waals surface area contributed by atoms with Crippen molar-refractivity contribution in [3.05, 3.63) is 21.4 Å². The molecule has 1 aromatic heterocycles. The van der Waals surface area contributed by atoms with E-state index in [2.05, 4.69) is 31.6 Å². The van der Waals surface area contributed by atoms with E-state index in [9.17, 15) is 14.4 Å². The Bertz CT molecular complexity index is 646. The minimum Gasteiger partial charge on any atom is -0.451 e. The number of aryl methyl sites for hydroxylation is 1. The summed E-state index contributed by atoms with van der Waals surface area (Å²) < 4.78 is 5.00. The van der Waals surface area contributed by atoms with Gasteiger partial charge in [-0.3, -0.25) is 20.4 Å². The van der Waals surface area contributed by atoms with Crippen molar-refractivity contribution in [2.45, 2.75) is 47.0 Å². The standard InChI is InChI=1S/C17H24N2O4S/c1-10(20)18-19-15(21)9-23-16(22)14-8-11-7-12(17(2,3)4)5-6-13(11)24-14/h8,12H,5-7,9H2,1-4H3,(H,18,20)(H,19,21)/t12-/m0/s1. The smallest absolute Gasteiger partial charge is 0.348 e. The molecule has 1 aromatic rings. The topological polar surface area (TPSA) is 84.5 Å². The zero-order valence-corrected chi connectivity index (χ0v) is 15.3. The van der Waals surface area contributed by atoms with Gasteiger partial charge >= 0.3 is 5.97 Å². The van der Waals surface area contributed by atoms with Gasteiger partial charge in [0.1, 0.15) is 4.88 Å². The molecule has 0 saturated heterocycles. The highest BCUT2D eigenvalue weighted by Crippen LogP contribution is 2.40. The van der Waals surface area contributed by atoms with Crippen molar-refractivity contribution in [1.82, 2.24) is 10.9 Å². The predicted molar refractivity (Wildman–Crippen MR) is 91.5 cm³/mol. The summed E-state index contributed by atoms with van der Waals surface area (Å²) in [5.74, 6) is -0.867. The molecule has 0 bridgehead atoms. The van der Waals surface area contributed by atoms with E-state index in [1.54, 1.807) is 0 Å². The second kappa shape index (κ2) is 7.34. The van der Waals surface area contributed by atoms with Gasteiger partial charge in [0.2, 0.25) is 5.91 Å². The minimum absolute atomic E-state index is 0.252. The number of carbonyl (C=O) groups is 3. The maximum Gasteiger partial charge on any atom is 0.348 e. The van der Waals surface area contributed by atoms with Crippen molar-refractivity contribution in [2.24, 2.45) is 11.3 Å². The summed E-state index contributed by atoms with van der Waals surface area (Å²) in [6.45, 7) is 7.59. The molecule has 1 heterocycles. The molecular weight excluding hydrogens is 328 g/mol. The zero-order chi connectivity index (χ0) is 17.9. The summed E-state index contributed by atoms with van der Waals surface area (Å²) in [5.41, 5.74) is 5.76. The fourth-order valence-electron chi connectivity index (χ4n) is 2.76. The lowest BCUT2D eigenvalue weighted by Crippen LogP contribution is -2.42. The predicted octanol–water partition coefficient (Wildman–Crippen LogP) is 2.22. The second-order valence-corrected chi connectivity index (χ2v) is 8.31. The van der Waals surface area contributed by atoms with E-state index in [-0.39, 0.29) is 5.41 Å². The molecule has 7 heteroatoms. The molecule has 0 fully saturated rings. The Morgan fingerprint density at radius 1 is 1.29 bits per heavy atom. The van der Waals surface area contributed by atoms with E-state index in [0.29, 0.717) is 10.8 Å². The van der Waals surface area contributed by atoms with Gasteiger partial charge < -0.3 is 4.74 Å². The number of hydrogen-bond donors (Lipinski definition) is 2. The van der Waals surface area contributed by atoms with E-state index in [1.807, 2.05) is 6.07 Å². The molecular formula is C17H24N2O4S. The van der Waals surface area contributed by atoms with Crippen LogP contribution in [0.3, 0.4) is 0 Å². The van der Waals surface area contributed by atoms with Gasteiger partial charge in [0, 0.05) is 11.8 Å². The van der Waals surface area contributed by atoms with Gasteiger partial charge in [-0.25, -0.2) is 4.79 Å². The van der Waals surface area contributed by atoms with Gasteiger partial charge in [0.15, 0.2) is 6.61 Å². The molecule has 2 rings (SSSR count). The molecule has 1 aliphatic rings. The number of carbonyl (C=O) groups excluding carboxylic acids is 3. The monoisotopic (exact) mass is 352 g/mol. The zero-order valence-electron chi connectivity index (χ0n) is 14.5. The number of hydrazine groups is 1. The van der Waals surface area contributed by atoms with Crippen molar-refractivity contribution in [3.8, 4) is 0 Å². The first kappa shape index (κ1) is 18.4. The Labute approximate surface area is 145 Å². The quantitative estimate of drug-likeness (QED) is 0.645. The molecule has 6 nitrogen and oxygen atoms in total. The van der Waals surface area contributed by atoms with Crippen molar-refractivity contribution in [2.75, 3.05) is 6.61 Å². The summed E-state index contributed by atoms with van der Waals surface area (Å²) in [6.07, 6.45) is 3.09. The highest BCUT2D eigenvalue weighted by molar-refractivity contribution is 7.14. The number of fused-ring (bicyclic) bond motifs is 1. The molecule has 0 aliphatic heterocycles. The van der Waals surface area contributed by atoms with Crippen LogP contribution >= 0.6 is 11.3 Å². The molecule has 0 radical (unpaired) electrons. The Morgan fingerprint density at radius 3 is 2.62 bits per heavy atom. The van der Waals surface area contributed by atoms with Crippen LogP contribution in [-0.2, 0) is 27.2 Å². The van der Waals surface area contributed by atoms with Crippen molar-refractivity contribution < 1.29 is 19.1 Å². The molecule has 2 N–H and O–H groups in total. The molecule has 0 spiro atoms. The number of ether oxygens (including phenoxy) is 1. The fourth-order valence-corrected chi connectivity index (χ4v) is 3.86. The van der Waals surface area contributed by atoms with Crippen molar-refractivity contribution in [3.63, 3.8) is 0 Å². The van der Waals surface area contributed by atoms with Crippen LogP contribution in [0, 0.1) is 11.3 Å². The molecule has 132 valence electrons. The van der Waals surface area contributed by atoms with Gasteiger partial charge in [-0.05, 0) is 42.2 Å². The summed E-state index contributed by atoms with van der Waals surface area (Å²) in [7, 11) is 0. The van der Waals surface area contributed by atoms with Gasteiger partial charge in [-0.15, -0.1) is 11.3 Å². The maximum atomic E-state index is 12.1. The number of rotatable bonds is 3. The number of hydrogen-bond acceptors (Lipinski definition) is 5. The summed E-state index contributed by atoms with van der Waals surface area (Å²) in [5, 5.41) is 0. The first-order chi connectivity index (χ1) is 11.2. The van der Waals surface area contributed by atoms with Crippen LogP contribution in [0.1, 0.15) is 54.2 Å². The Hall–Kier alpha value is -1.89. The first-order valence-electron chi connectivity index (χ1n) is 8.01. The SMILES string of the molecule is CC(=O)NNC(=O)COC(=O)c1cc2c(s1)CC[C@H](C(C)(C)C)C2. The Balaban J connectivity index is 1.92. The third-order valence-corrected chi connectivity index (χ3v) is 5.44. The summed E-state index contributed by atoms with van der Waals surface area (Å²) in [4.78, 5) is 36.0. The van der Waals surface area contributed by atoms with Crippen LogP contribution < -0.4 is 10.9 Å². The maximum absolute atomic E-state index is 12.1. The Morgan fingerprint density at radius 2 is 2.00 bits per heavy atom. The van der Waals surface area contributed by atoms with Crippen LogP contribution in [-0.4, -0.2) is 24.4 Å². The van der Waals surface area contributed by atoms with Gasteiger partial charge in [0.25, 0.3) is 5.91 Å². The van der Waals surface area contributed by atoms with E-state index in [1.165, 1.54) is 28.7 Å². The minimum atomic E-state index is -0.576. The first-order valence-corrected chi connectivity index (χ1v) is 8.82. The largest absolute Gasteiger partial charge is 0.451 e.